The second-order valence-corrected chi connectivity index (χ2v) is 9.39. The zero-order chi connectivity index (χ0) is 16.9. The van der Waals surface area contributed by atoms with Crippen LogP contribution < -0.4 is 0 Å². The minimum atomic E-state index is -2.48. The summed E-state index contributed by atoms with van der Waals surface area (Å²) in [5.41, 5.74) is 0. The van der Waals surface area contributed by atoms with Gasteiger partial charge in [-0.3, -0.25) is 4.79 Å². The standard InChI is InChI=1S/C16H28O6Si/c1-19-23(20-2,21-3)9-5-4-8-22-11-14-12-6-7-13(10-12)15(14)16(17)18/h6-7,12-15H,4-5,8-11H2,1-3H3,(H,17,18). The topological polar surface area (TPSA) is 74.2 Å². The molecular formula is C16H28O6Si. The molecule has 1 N–H and O–H groups in total. The average Bonchev–Trinajstić information content (AvgIpc) is 3.16. The molecule has 0 radical (unpaired) electrons. The molecule has 4 unspecified atom stereocenters. The molecule has 4 atom stereocenters. The molecule has 2 rings (SSSR count). The van der Waals surface area contributed by atoms with Gasteiger partial charge < -0.3 is 23.1 Å². The molecule has 1 fully saturated rings. The molecule has 2 bridgehead atoms. The first-order valence-electron chi connectivity index (χ1n) is 8.21. The van der Waals surface area contributed by atoms with E-state index in [0.717, 1.165) is 25.3 Å². The Bertz CT molecular complexity index is 415. The van der Waals surface area contributed by atoms with Gasteiger partial charge in [-0.25, -0.2) is 0 Å². The number of aliphatic carboxylic acids is 1. The van der Waals surface area contributed by atoms with Crippen molar-refractivity contribution >= 4 is 14.8 Å². The smallest absolute Gasteiger partial charge is 0.481 e. The van der Waals surface area contributed by atoms with Crippen molar-refractivity contribution in [3.8, 4) is 0 Å². The molecular weight excluding hydrogens is 316 g/mol. The van der Waals surface area contributed by atoms with Gasteiger partial charge in [0.2, 0.25) is 0 Å². The second kappa shape index (κ2) is 8.39. The molecule has 0 saturated heterocycles. The fourth-order valence-corrected chi connectivity index (χ4v) is 5.63. The maximum absolute atomic E-state index is 11.4. The van der Waals surface area contributed by atoms with Crippen molar-refractivity contribution in [3.05, 3.63) is 12.2 Å². The number of fused-ring (bicyclic) bond motifs is 2. The van der Waals surface area contributed by atoms with Crippen molar-refractivity contribution in [2.75, 3.05) is 34.5 Å². The van der Waals surface area contributed by atoms with Crippen LogP contribution in [-0.4, -0.2) is 54.4 Å². The Kier molecular flexibility index (Phi) is 6.79. The Morgan fingerprint density at radius 3 is 2.39 bits per heavy atom. The van der Waals surface area contributed by atoms with Gasteiger partial charge in [-0.1, -0.05) is 12.2 Å². The lowest BCUT2D eigenvalue weighted by Crippen LogP contribution is -2.42. The maximum atomic E-state index is 11.4. The fourth-order valence-electron chi connectivity index (χ4n) is 3.84. The zero-order valence-electron chi connectivity index (χ0n) is 14.2. The normalized spacial score (nSPS) is 29.3. The van der Waals surface area contributed by atoms with Crippen LogP contribution in [0.5, 0.6) is 0 Å². The van der Waals surface area contributed by atoms with E-state index in [1.807, 2.05) is 0 Å². The Hall–Kier alpha value is -0.733. The SMILES string of the molecule is CO[Si](CCCCOCC1C2C=CC(C2)C1C(=O)O)(OC)OC. The summed E-state index contributed by atoms with van der Waals surface area (Å²) in [6.07, 6.45) is 6.98. The van der Waals surface area contributed by atoms with Crippen LogP contribution >= 0.6 is 0 Å². The van der Waals surface area contributed by atoms with Gasteiger partial charge >= 0.3 is 14.8 Å². The average molecular weight is 344 g/mol. The molecule has 0 heterocycles. The van der Waals surface area contributed by atoms with E-state index in [0.29, 0.717) is 19.1 Å². The predicted molar refractivity (Wildman–Crippen MR) is 87.0 cm³/mol. The molecule has 0 amide bonds. The molecule has 7 heteroatoms. The van der Waals surface area contributed by atoms with E-state index in [2.05, 4.69) is 12.2 Å². The highest BCUT2D eigenvalue weighted by Crippen LogP contribution is 2.48. The minimum Gasteiger partial charge on any atom is -0.481 e. The number of allylic oxidation sites excluding steroid dienone is 2. The van der Waals surface area contributed by atoms with E-state index in [1.54, 1.807) is 21.3 Å². The molecule has 23 heavy (non-hydrogen) atoms. The number of unbranched alkanes of at least 4 members (excludes halogenated alkanes) is 1. The molecule has 2 aliphatic carbocycles. The van der Waals surface area contributed by atoms with Crippen LogP contribution in [0, 0.1) is 23.7 Å². The quantitative estimate of drug-likeness (QED) is 0.352. The summed E-state index contributed by atoms with van der Waals surface area (Å²) in [6, 6.07) is 0.758. The Morgan fingerprint density at radius 2 is 1.78 bits per heavy atom. The van der Waals surface area contributed by atoms with E-state index < -0.39 is 14.8 Å². The molecule has 0 aromatic rings. The predicted octanol–water partition coefficient (Wildman–Crippen LogP) is 2.18. The number of hydrogen-bond acceptors (Lipinski definition) is 5. The summed E-state index contributed by atoms with van der Waals surface area (Å²) in [5, 5.41) is 9.39. The zero-order valence-corrected chi connectivity index (χ0v) is 15.2. The summed E-state index contributed by atoms with van der Waals surface area (Å²) in [6.45, 7) is 1.16. The van der Waals surface area contributed by atoms with E-state index in [9.17, 15) is 9.90 Å². The lowest BCUT2D eigenvalue weighted by molar-refractivity contribution is -0.145. The third-order valence-electron chi connectivity index (χ3n) is 5.17. The van der Waals surface area contributed by atoms with Crippen molar-refractivity contribution in [1.29, 1.82) is 0 Å². The van der Waals surface area contributed by atoms with Crippen molar-refractivity contribution < 1.29 is 27.9 Å². The summed E-state index contributed by atoms with van der Waals surface area (Å²) >= 11 is 0. The molecule has 6 nitrogen and oxygen atoms in total. The largest absolute Gasteiger partial charge is 0.500 e. The molecule has 0 spiro atoms. The highest BCUT2D eigenvalue weighted by atomic mass is 28.4. The van der Waals surface area contributed by atoms with Gasteiger partial charge in [0.15, 0.2) is 0 Å². The van der Waals surface area contributed by atoms with E-state index in [-0.39, 0.29) is 17.8 Å². The number of hydrogen-bond donors (Lipinski definition) is 1. The second-order valence-electron chi connectivity index (χ2n) is 6.30. The highest BCUT2D eigenvalue weighted by Gasteiger charge is 2.48. The Balaban J connectivity index is 1.66. The van der Waals surface area contributed by atoms with Crippen molar-refractivity contribution in [2.24, 2.45) is 23.7 Å². The van der Waals surface area contributed by atoms with Crippen molar-refractivity contribution in [2.45, 2.75) is 25.3 Å². The lowest BCUT2D eigenvalue weighted by Gasteiger charge is -2.25. The summed E-state index contributed by atoms with van der Waals surface area (Å²) < 4.78 is 21.9. The first-order chi connectivity index (χ1) is 11.1. The molecule has 132 valence electrons. The molecule has 0 aromatic carbocycles. The lowest BCUT2D eigenvalue weighted by atomic mass is 9.84. The van der Waals surface area contributed by atoms with Gasteiger partial charge in [0, 0.05) is 39.9 Å². The highest BCUT2D eigenvalue weighted by molar-refractivity contribution is 6.60. The van der Waals surface area contributed by atoms with Gasteiger partial charge in [0.25, 0.3) is 0 Å². The van der Waals surface area contributed by atoms with Crippen LogP contribution in [0.1, 0.15) is 19.3 Å². The summed E-state index contributed by atoms with van der Waals surface area (Å²) in [7, 11) is 2.36. The van der Waals surface area contributed by atoms with E-state index in [4.69, 9.17) is 18.0 Å². The van der Waals surface area contributed by atoms with Crippen molar-refractivity contribution in [1.82, 2.24) is 0 Å². The van der Waals surface area contributed by atoms with Gasteiger partial charge in [-0.15, -0.1) is 0 Å². The van der Waals surface area contributed by atoms with Crippen LogP contribution in [0.25, 0.3) is 0 Å². The first kappa shape index (κ1) is 18.6. The van der Waals surface area contributed by atoms with Gasteiger partial charge in [0.1, 0.15) is 0 Å². The summed E-state index contributed by atoms with van der Waals surface area (Å²) in [4.78, 5) is 11.4. The van der Waals surface area contributed by atoms with Crippen LogP contribution in [0.2, 0.25) is 6.04 Å². The van der Waals surface area contributed by atoms with Crippen molar-refractivity contribution in [3.63, 3.8) is 0 Å². The van der Waals surface area contributed by atoms with E-state index in [1.165, 1.54) is 0 Å². The molecule has 0 aromatic heterocycles. The van der Waals surface area contributed by atoms with Gasteiger partial charge in [-0.05, 0) is 31.1 Å². The minimum absolute atomic E-state index is 0.118. The first-order valence-corrected chi connectivity index (χ1v) is 10.1. The monoisotopic (exact) mass is 344 g/mol. The summed E-state index contributed by atoms with van der Waals surface area (Å²) in [5.74, 6) is -0.278. The van der Waals surface area contributed by atoms with Gasteiger partial charge in [0.05, 0.1) is 12.5 Å². The number of carboxylic acid groups (broad SMARTS) is 1. The number of ether oxygens (including phenoxy) is 1. The third-order valence-corrected chi connectivity index (χ3v) is 8.00. The fraction of sp³-hybridized carbons (Fsp3) is 0.812. The molecule has 0 aliphatic heterocycles. The van der Waals surface area contributed by atoms with Crippen LogP contribution in [0.3, 0.4) is 0 Å². The van der Waals surface area contributed by atoms with Gasteiger partial charge in [-0.2, -0.15) is 0 Å². The van der Waals surface area contributed by atoms with Crippen LogP contribution in [-0.2, 0) is 22.8 Å². The number of carbonyl (C=O) groups is 1. The van der Waals surface area contributed by atoms with Crippen LogP contribution in [0.4, 0.5) is 0 Å². The molecule has 1 saturated carbocycles. The van der Waals surface area contributed by atoms with Crippen LogP contribution in [0.15, 0.2) is 12.2 Å². The van der Waals surface area contributed by atoms with E-state index >= 15 is 0 Å². The Labute approximate surface area is 139 Å². The third kappa shape index (κ3) is 4.22. The Morgan fingerprint density at radius 1 is 1.13 bits per heavy atom. The molecule has 2 aliphatic rings. The maximum Gasteiger partial charge on any atom is 0.500 e. The number of rotatable bonds is 11. The number of carboxylic acids is 1.